The summed E-state index contributed by atoms with van der Waals surface area (Å²) >= 11 is 1.77. The van der Waals surface area contributed by atoms with Crippen molar-refractivity contribution in [2.24, 2.45) is 0 Å². The molecule has 4 heteroatoms. The molecular formula is C13H22N2OS. The van der Waals surface area contributed by atoms with Gasteiger partial charge in [-0.25, -0.2) is 4.98 Å². The molecule has 1 atom stereocenters. The highest BCUT2D eigenvalue weighted by atomic mass is 32.2. The van der Waals surface area contributed by atoms with Crippen LogP contribution in [0.25, 0.3) is 0 Å². The molecule has 0 aliphatic heterocycles. The van der Waals surface area contributed by atoms with Gasteiger partial charge >= 0.3 is 0 Å². The molecule has 17 heavy (non-hydrogen) atoms. The van der Waals surface area contributed by atoms with Crippen molar-refractivity contribution in [1.29, 1.82) is 0 Å². The highest BCUT2D eigenvalue weighted by Crippen LogP contribution is 2.18. The van der Waals surface area contributed by atoms with E-state index in [1.54, 1.807) is 24.9 Å². The van der Waals surface area contributed by atoms with Crippen LogP contribution >= 0.6 is 11.8 Å². The maximum atomic E-state index is 9.37. The van der Waals surface area contributed by atoms with E-state index < -0.39 is 6.10 Å². The fraction of sp³-hybridized carbons (Fsp3) is 0.615. The van der Waals surface area contributed by atoms with Crippen LogP contribution in [-0.4, -0.2) is 40.4 Å². The first-order valence-corrected chi connectivity index (χ1v) is 7.15. The third kappa shape index (κ3) is 5.06. The number of nitrogens with zero attached hydrogens (tertiary/aromatic N) is 2. The SMILES string of the molecule is CCN(CC)CCSc1ccc([C@@H](C)O)cn1. The summed E-state index contributed by atoms with van der Waals surface area (Å²) in [5, 5.41) is 10.4. The Hall–Kier alpha value is -0.580. The maximum absolute atomic E-state index is 9.37. The average Bonchev–Trinajstić information content (AvgIpc) is 2.35. The molecule has 0 unspecified atom stereocenters. The van der Waals surface area contributed by atoms with Gasteiger partial charge in [0.2, 0.25) is 0 Å². The molecule has 0 radical (unpaired) electrons. The standard InChI is InChI=1S/C13H22N2OS/c1-4-15(5-2)8-9-17-13-7-6-12(10-14-13)11(3)16/h6-7,10-11,16H,4-5,8-9H2,1-3H3/t11-/m1/s1. The van der Waals surface area contributed by atoms with Crippen molar-refractivity contribution in [3.63, 3.8) is 0 Å². The predicted octanol–water partition coefficient (Wildman–Crippen LogP) is 2.57. The van der Waals surface area contributed by atoms with Crippen LogP contribution in [0.5, 0.6) is 0 Å². The molecule has 0 aromatic carbocycles. The van der Waals surface area contributed by atoms with E-state index in [0.29, 0.717) is 0 Å². The molecule has 0 amide bonds. The monoisotopic (exact) mass is 254 g/mol. The van der Waals surface area contributed by atoms with Crippen molar-refractivity contribution >= 4 is 11.8 Å². The summed E-state index contributed by atoms with van der Waals surface area (Å²) < 4.78 is 0. The summed E-state index contributed by atoms with van der Waals surface area (Å²) in [6.45, 7) is 9.42. The fourth-order valence-electron chi connectivity index (χ4n) is 1.54. The minimum absolute atomic E-state index is 0.433. The van der Waals surface area contributed by atoms with Gasteiger partial charge in [0, 0.05) is 18.5 Å². The number of hydrogen-bond acceptors (Lipinski definition) is 4. The van der Waals surface area contributed by atoms with E-state index in [1.807, 2.05) is 12.1 Å². The van der Waals surface area contributed by atoms with Crippen LogP contribution in [-0.2, 0) is 0 Å². The largest absolute Gasteiger partial charge is 0.389 e. The molecule has 1 heterocycles. The lowest BCUT2D eigenvalue weighted by atomic mass is 10.2. The van der Waals surface area contributed by atoms with Crippen molar-refractivity contribution in [2.45, 2.75) is 31.9 Å². The van der Waals surface area contributed by atoms with Gasteiger partial charge in [0.15, 0.2) is 0 Å². The first kappa shape index (κ1) is 14.5. The second-order valence-corrected chi connectivity index (χ2v) is 5.10. The molecule has 3 nitrogen and oxygen atoms in total. The van der Waals surface area contributed by atoms with E-state index in [9.17, 15) is 5.11 Å². The molecule has 0 bridgehead atoms. The van der Waals surface area contributed by atoms with Gasteiger partial charge in [0.05, 0.1) is 11.1 Å². The minimum atomic E-state index is -0.433. The van der Waals surface area contributed by atoms with Gasteiger partial charge in [-0.05, 0) is 31.6 Å². The van der Waals surface area contributed by atoms with E-state index in [1.165, 1.54) is 0 Å². The van der Waals surface area contributed by atoms with E-state index in [0.717, 1.165) is 36.0 Å². The van der Waals surface area contributed by atoms with Crippen LogP contribution in [0.15, 0.2) is 23.4 Å². The van der Waals surface area contributed by atoms with Gasteiger partial charge in [-0.3, -0.25) is 0 Å². The summed E-state index contributed by atoms with van der Waals surface area (Å²) in [6, 6.07) is 3.92. The van der Waals surface area contributed by atoms with Crippen LogP contribution in [0, 0.1) is 0 Å². The Bertz CT molecular complexity index is 310. The average molecular weight is 254 g/mol. The molecule has 0 spiro atoms. The van der Waals surface area contributed by atoms with Crippen molar-refractivity contribution in [3.05, 3.63) is 23.9 Å². The van der Waals surface area contributed by atoms with Crippen molar-refractivity contribution in [2.75, 3.05) is 25.4 Å². The highest BCUT2D eigenvalue weighted by Gasteiger charge is 2.03. The summed E-state index contributed by atoms with van der Waals surface area (Å²) in [5.41, 5.74) is 0.873. The van der Waals surface area contributed by atoms with Gasteiger partial charge in [-0.2, -0.15) is 0 Å². The summed E-state index contributed by atoms with van der Waals surface area (Å²) in [4.78, 5) is 6.73. The lowest BCUT2D eigenvalue weighted by Crippen LogP contribution is -2.25. The zero-order valence-corrected chi connectivity index (χ0v) is 11.7. The Labute approximate surface area is 108 Å². The quantitative estimate of drug-likeness (QED) is 0.759. The van der Waals surface area contributed by atoms with Crippen molar-refractivity contribution in [1.82, 2.24) is 9.88 Å². The highest BCUT2D eigenvalue weighted by molar-refractivity contribution is 7.99. The van der Waals surface area contributed by atoms with Crippen LogP contribution in [0.4, 0.5) is 0 Å². The number of rotatable bonds is 7. The number of aliphatic hydroxyl groups excluding tert-OH is 1. The number of thioether (sulfide) groups is 1. The van der Waals surface area contributed by atoms with Crippen LogP contribution < -0.4 is 0 Å². The van der Waals surface area contributed by atoms with Crippen LogP contribution in [0.1, 0.15) is 32.4 Å². The summed E-state index contributed by atoms with van der Waals surface area (Å²) in [6.07, 6.45) is 1.32. The molecule has 0 fully saturated rings. The molecule has 1 aromatic rings. The Morgan fingerprint density at radius 2 is 2.06 bits per heavy atom. The van der Waals surface area contributed by atoms with E-state index in [2.05, 4.69) is 23.7 Å². The number of aliphatic hydroxyl groups is 1. The number of hydrogen-bond donors (Lipinski definition) is 1. The van der Waals surface area contributed by atoms with Crippen molar-refractivity contribution in [3.8, 4) is 0 Å². The smallest absolute Gasteiger partial charge is 0.0960 e. The Morgan fingerprint density at radius 1 is 1.35 bits per heavy atom. The first-order valence-electron chi connectivity index (χ1n) is 6.16. The predicted molar refractivity (Wildman–Crippen MR) is 73.4 cm³/mol. The molecular weight excluding hydrogens is 232 g/mol. The molecule has 1 aromatic heterocycles. The Balaban J connectivity index is 2.37. The zero-order chi connectivity index (χ0) is 12.7. The third-order valence-corrected chi connectivity index (χ3v) is 3.72. The number of pyridine rings is 1. The lowest BCUT2D eigenvalue weighted by molar-refractivity contribution is 0.198. The van der Waals surface area contributed by atoms with Crippen molar-refractivity contribution < 1.29 is 5.11 Å². The molecule has 0 aliphatic rings. The maximum Gasteiger partial charge on any atom is 0.0960 e. The number of aromatic nitrogens is 1. The molecule has 1 rings (SSSR count). The van der Waals surface area contributed by atoms with Crippen LogP contribution in [0.3, 0.4) is 0 Å². The van der Waals surface area contributed by atoms with Gasteiger partial charge in [0.25, 0.3) is 0 Å². The topological polar surface area (TPSA) is 36.4 Å². The third-order valence-electron chi connectivity index (χ3n) is 2.79. The molecule has 0 aliphatic carbocycles. The normalized spacial score (nSPS) is 13.0. The first-order chi connectivity index (χ1) is 8.17. The van der Waals surface area contributed by atoms with E-state index >= 15 is 0 Å². The van der Waals surface area contributed by atoms with E-state index in [4.69, 9.17) is 0 Å². The van der Waals surface area contributed by atoms with Crippen LogP contribution in [0.2, 0.25) is 0 Å². The van der Waals surface area contributed by atoms with Gasteiger partial charge < -0.3 is 10.0 Å². The molecule has 96 valence electrons. The zero-order valence-electron chi connectivity index (χ0n) is 10.9. The summed E-state index contributed by atoms with van der Waals surface area (Å²) in [5.74, 6) is 1.06. The Morgan fingerprint density at radius 3 is 2.53 bits per heavy atom. The Kier molecular flexibility index (Phi) is 6.55. The molecule has 1 N–H and O–H groups in total. The second-order valence-electron chi connectivity index (χ2n) is 3.98. The summed E-state index contributed by atoms with van der Waals surface area (Å²) in [7, 11) is 0. The van der Waals surface area contributed by atoms with Gasteiger partial charge in [-0.1, -0.05) is 19.9 Å². The lowest BCUT2D eigenvalue weighted by Gasteiger charge is -2.17. The second kappa shape index (κ2) is 7.69. The minimum Gasteiger partial charge on any atom is -0.389 e. The van der Waals surface area contributed by atoms with Gasteiger partial charge in [0.1, 0.15) is 0 Å². The molecule has 0 saturated carbocycles. The fourth-order valence-corrected chi connectivity index (χ4v) is 2.39. The molecule has 0 saturated heterocycles. The van der Waals surface area contributed by atoms with Gasteiger partial charge in [-0.15, -0.1) is 11.8 Å². The van der Waals surface area contributed by atoms with E-state index in [-0.39, 0.29) is 0 Å².